The number of aryl methyl sites for hydroxylation is 1. The van der Waals surface area contributed by atoms with Crippen LogP contribution in [-0.4, -0.2) is 28.9 Å². The number of nitrogens with one attached hydrogen (secondary N) is 1. The van der Waals surface area contributed by atoms with Crippen molar-refractivity contribution in [2.45, 2.75) is 39.3 Å². The van der Waals surface area contributed by atoms with Crippen molar-refractivity contribution in [3.8, 4) is 11.5 Å². The van der Waals surface area contributed by atoms with Gasteiger partial charge in [0, 0.05) is 11.9 Å². The second-order valence-electron chi connectivity index (χ2n) is 7.37. The quantitative estimate of drug-likeness (QED) is 0.677. The Bertz CT molecular complexity index is 1140. The first-order valence-electron chi connectivity index (χ1n) is 10.3. The Morgan fingerprint density at radius 2 is 1.87 bits per heavy atom. The molecule has 0 saturated carbocycles. The van der Waals surface area contributed by atoms with E-state index in [4.69, 9.17) is 9.47 Å². The van der Waals surface area contributed by atoms with Gasteiger partial charge in [-0.05, 0) is 37.1 Å². The maximum Gasteiger partial charge on any atom is 0.274 e. The number of nitrogens with zero attached hydrogens (tertiary/aromatic N) is 2. The summed E-state index contributed by atoms with van der Waals surface area (Å²) in [5.74, 6) is 1.06. The molecule has 7 heteroatoms. The lowest BCUT2D eigenvalue weighted by molar-refractivity contribution is 0.0934. The van der Waals surface area contributed by atoms with Crippen LogP contribution in [0, 0.1) is 0 Å². The molecule has 0 saturated heterocycles. The molecule has 30 heavy (non-hydrogen) atoms. The number of hydrogen-bond acceptors (Lipinski definition) is 5. The molecule has 7 nitrogen and oxygen atoms in total. The lowest BCUT2D eigenvalue weighted by Crippen LogP contribution is -2.32. The number of carbonyl (C=O) groups is 1. The van der Waals surface area contributed by atoms with Crippen LogP contribution in [0.2, 0.25) is 0 Å². The maximum absolute atomic E-state index is 13.1. The van der Waals surface area contributed by atoms with Crippen molar-refractivity contribution in [2.24, 2.45) is 0 Å². The SMILES string of the molecule is CCCCn1nc(C(=O)NC(C)c2ccc3c(c2)OCCO3)c2ccccc2c1=O. The number of benzene rings is 2. The van der Waals surface area contributed by atoms with Gasteiger partial charge in [0.05, 0.1) is 11.4 Å². The molecule has 156 valence electrons. The molecule has 1 aliphatic rings. The highest BCUT2D eigenvalue weighted by molar-refractivity contribution is 6.04. The summed E-state index contributed by atoms with van der Waals surface area (Å²) in [5.41, 5.74) is 0.984. The van der Waals surface area contributed by atoms with Crippen LogP contribution in [0.1, 0.15) is 48.8 Å². The molecular formula is C23H25N3O4. The van der Waals surface area contributed by atoms with Crippen LogP contribution in [0.4, 0.5) is 0 Å². The molecule has 1 aliphatic heterocycles. The van der Waals surface area contributed by atoms with Crippen LogP contribution >= 0.6 is 0 Å². The third-order valence-electron chi connectivity index (χ3n) is 5.22. The number of aromatic nitrogens is 2. The second kappa shape index (κ2) is 8.57. The molecule has 2 aromatic carbocycles. The molecule has 0 aliphatic carbocycles. The largest absolute Gasteiger partial charge is 0.486 e. The van der Waals surface area contributed by atoms with Gasteiger partial charge >= 0.3 is 0 Å². The van der Waals surface area contributed by atoms with Crippen LogP contribution in [0.3, 0.4) is 0 Å². The fraction of sp³-hybridized carbons (Fsp3) is 0.348. The van der Waals surface area contributed by atoms with Crippen molar-refractivity contribution in [1.82, 2.24) is 15.1 Å². The molecule has 1 N–H and O–H groups in total. The van der Waals surface area contributed by atoms with E-state index in [9.17, 15) is 9.59 Å². The van der Waals surface area contributed by atoms with Gasteiger partial charge < -0.3 is 14.8 Å². The third kappa shape index (κ3) is 3.87. The minimum Gasteiger partial charge on any atom is -0.486 e. The lowest BCUT2D eigenvalue weighted by atomic mass is 10.1. The van der Waals surface area contributed by atoms with E-state index in [0.717, 1.165) is 18.4 Å². The normalized spacial score (nSPS) is 13.8. The predicted molar refractivity (Wildman–Crippen MR) is 114 cm³/mol. The van der Waals surface area contributed by atoms with Gasteiger partial charge in [0.1, 0.15) is 13.2 Å². The van der Waals surface area contributed by atoms with Crippen molar-refractivity contribution in [3.05, 3.63) is 64.1 Å². The number of unbranched alkanes of at least 4 members (excludes halogenated alkanes) is 1. The number of carbonyl (C=O) groups excluding carboxylic acids is 1. The van der Waals surface area contributed by atoms with Crippen molar-refractivity contribution < 1.29 is 14.3 Å². The summed E-state index contributed by atoms with van der Waals surface area (Å²) in [4.78, 5) is 25.9. The van der Waals surface area contributed by atoms with E-state index in [0.29, 0.717) is 42.0 Å². The topological polar surface area (TPSA) is 82.5 Å². The molecule has 0 radical (unpaired) electrons. The van der Waals surface area contributed by atoms with E-state index >= 15 is 0 Å². The Labute approximate surface area is 174 Å². The van der Waals surface area contributed by atoms with Gasteiger partial charge in [-0.1, -0.05) is 37.6 Å². The molecule has 3 aromatic rings. The molecule has 2 heterocycles. The summed E-state index contributed by atoms with van der Waals surface area (Å²) >= 11 is 0. The van der Waals surface area contributed by atoms with Crippen LogP contribution < -0.4 is 20.3 Å². The number of hydrogen-bond donors (Lipinski definition) is 1. The van der Waals surface area contributed by atoms with Crippen molar-refractivity contribution in [3.63, 3.8) is 0 Å². The first-order chi connectivity index (χ1) is 14.6. The zero-order valence-electron chi connectivity index (χ0n) is 17.2. The van der Waals surface area contributed by atoms with Gasteiger partial charge in [0.25, 0.3) is 11.5 Å². The minimum absolute atomic E-state index is 0.171. The number of amides is 1. The monoisotopic (exact) mass is 407 g/mol. The maximum atomic E-state index is 13.1. The Kier molecular flexibility index (Phi) is 5.70. The van der Waals surface area contributed by atoms with Gasteiger partial charge in [-0.3, -0.25) is 9.59 Å². The molecule has 1 amide bonds. The summed E-state index contributed by atoms with van der Waals surface area (Å²) in [5, 5.41) is 8.46. The van der Waals surface area contributed by atoms with E-state index in [1.807, 2.05) is 25.1 Å². The summed E-state index contributed by atoms with van der Waals surface area (Å²) in [6, 6.07) is 12.5. The van der Waals surface area contributed by atoms with Gasteiger partial charge in [-0.2, -0.15) is 5.10 Å². The highest BCUT2D eigenvalue weighted by Crippen LogP contribution is 2.32. The van der Waals surface area contributed by atoms with Crippen LogP contribution in [0.25, 0.3) is 10.8 Å². The number of ether oxygens (including phenoxy) is 2. The van der Waals surface area contributed by atoms with E-state index in [-0.39, 0.29) is 23.2 Å². The Hall–Kier alpha value is -3.35. The molecule has 0 spiro atoms. The molecule has 0 fully saturated rings. The average molecular weight is 407 g/mol. The van der Waals surface area contributed by atoms with Crippen molar-refractivity contribution in [1.29, 1.82) is 0 Å². The molecular weight excluding hydrogens is 382 g/mol. The fourth-order valence-corrected chi connectivity index (χ4v) is 3.54. The van der Waals surface area contributed by atoms with E-state index in [2.05, 4.69) is 17.3 Å². The molecule has 1 aromatic heterocycles. The van der Waals surface area contributed by atoms with Gasteiger partial charge in [-0.15, -0.1) is 0 Å². The first kappa shape index (κ1) is 19.9. The molecule has 1 unspecified atom stereocenters. The Balaban J connectivity index is 1.64. The second-order valence-corrected chi connectivity index (χ2v) is 7.37. The molecule has 1 atom stereocenters. The first-order valence-corrected chi connectivity index (χ1v) is 10.3. The smallest absolute Gasteiger partial charge is 0.274 e. The van der Waals surface area contributed by atoms with Crippen molar-refractivity contribution >= 4 is 16.7 Å². The van der Waals surface area contributed by atoms with Crippen LogP contribution in [-0.2, 0) is 6.54 Å². The predicted octanol–water partition coefficient (Wildman–Crippen LogP) is 3.46. The summed E-state index contributed by atoms with van der Waals surface area (Å²) in [6.45, 7) is 5.48. The van der Waals surface area contributed by atoms with Gasteiger partial charge in [-0.25, -0.2) is 4.68 Å². The zero-order valence-corrected chi connectivity index (χ0v) is 17.2. The molecule has 0 bridgehead atoms. The Morgan fingerprint density at radius 1 is 1.13 bits per heavy atom. The molecule has 4 rings (SSSR count). The zero-order chi connectivity index (χ0) is 21.1. The van der Waals surface area contributed by atoms with Crippen LogP contribution in [0.15, 0.2) is 47.3 Å². The number of fused-ring (bicyclic) bond motifs is 2. The van der Waals surface area contributed by atoms with E-state index in [1.165, 1.54) is 4.68 Å². The van der Waals surface area contributed by atoms with E-state index < -0.39 is 0 Å². The highest BCUT2D eigenvalue weighted by atomic mass is 16.6. The number of rotatable bonds is 6. The minimum atomic E-state index is -0.321. The highest BCUT2D eigenvalue weighted by Gasteiger charge is 2.20. The summed E-state index contributed by atoms with van der Waals surface area (Å²) in [6.07, 6.45) is 1.75. The van der Waals surface area contributed by atoms with Crippen molar-refractivity contribution in [2.75, 3.05) is 13.2 Å². The Morgan fingerprint density at radius 3 is 2.63 bits per heavy atom. The average Bonchev–Trinajstić information content (AvgIpc) is 2.78. The summed E-state index contributed by atoms with van der Waals surface area (Å²) < 4.78 is 12.6. The fourth-order valence-electron chi connectivity index (χ4n) is 3.54. The summed E-state index contributed by atoms with van der Waals surface area (Å²) in [7, 11) is 0. The van der Waals surface area contributed by atoms with E-state index in [1.54, 1.807) is 24.3 Å². The van der Waals surface area contributed by atoms with Gasteiger partial charge in [0.15, 0.2) is 17.2 Å². The standard InChI is InChI=1S/C23H25N3O4/c1-3-4-11-26-23(28)18-8-6-5-7-17(18)21(25-26)22(27)24-15(2)16-9-10-19-20(14-16)30-13-12-29-19/h5-10,14-15H,3-4,11-13H2,1-2H3,(H,24,27). The lowest BCUT2D eigenvalue weighted by Gasteiger charge is -2.21. The van der Waals surface area contributed by atoms with Gasteiger partial charge in [0.2, 0.25) is 0 Å². The van der Waals surface area contributed by atoms with Crippen LogP contribution in [0.5, 0.6) is 11.5 Å². The third-order valence-corrected chi connectivity index (χ3v) is 5.22.